The minimum Gasteiger partial charge on any atom is -0.508 e. The van der Waals surface area contributed by atoms with E-state index in [1.54, 1.807) is 45.0 Å². The number of amides is 3. The zero-order valence-corrected chi connectivity index (χ0v) is 22.5. The summed E-state index contributed by atoms with van der Waals surface area (Å²) in [6.07, 6.45) is 1.70. The highest BCUT2D eigenvalue weighted by atomic mass is 16.6. The van der Waals surface area contributed by atoms with Crippen LogP contribution in [0, 0.1) is 0 Å². The molecule has 0 saturated carbocycles. The standard InChI is InChI=1S/C30H37N3O5/c1-5-6-11-18-33(26(35)20-31-29(37)38-30(2,3)4)27(24-14-9-10-15-25(24)34)28(36)32-23-17-16-21-12-7-8-13-22(21)19-23/h7-10,12-17,19,27,34H,5-6,11,18,20H2,1-4H3,(H,31,37)(H,32,36). The van der Waals surface area contributed by atoms with Crippen molar-refractivity contribution in [2.24, 2.45) is 0 Å². The topological polar surface area (TPSA) is 108 Å². The minimum absolute atomic E-state index is 0.0976. The molecule has 3 amide bonds. The van der Waals surface area contributed by atoms with E-state index in [2.05, 4.69) is 10.6 Å². The van der Waals surface area contributed by atoms with Crippen LogP contribution in [-0.2, 0) is 14.3 Å². The van der Waals surface area contributed by atoms with Gasteiger partial charge >= 0.3 is 6.09 Å². The molecule has 0 aliphatic carbocycles. The second-order valence-electron chi connectivity index (χ2n) is 10.2. The minimum atomic E-state index is -1.12. The third-order valence-corrected chi connectivity index (χ3v) is 5.91. The van der Waals surface area contributed by atoms with Gasteiger partial charge in [-0.25, -0.2) is 4.79 Å². The van der Waals surface area contributed by atoms with Crippen LogP contribution < -0.4 is 10.6 Å². The highest BCUT2D eigenvalue weighted by Crippen LogP contribution is 2.31. The number of nitrogens with one attached hydrogen (secondary N) is 2. The summed E-state index contributed by atoms with van der Waals surface area (Å²) in [5.74, 6) is -1.03. The Kier molecular flexibility index (Phi) is 9.71. The van der Waals surface area contributed by atoms with E-state index in [1.165, 1.54) is 11.0 Å². The number of carbonyl (C=O) groups excluding carboxylic acids is 3. The summed E-state index contributed by atoms with van der Waals surface area (Å²) in [6.45, 7) is 7.16. The van der Waals surface area contributed by atoms with Crippen LogP contribution in [0.4, 0.5) is 10.5 Å². The predicted molar refractivity (Wildman–Crippen MR) is 149 cm³/mol. The van der Waals surface area contributed by atoms with E-state index >= 15 is 0 Å². The number of unbranched alkanes of at least 4 members (excludes halogenated alkanes) is 2. The SMILES string of the molecule is CCCCCN(C(=O)CNC(=O)OC(C)(C)C)C(C(=O)Nc1ccc2ccccc2c1)c1ccccc1O. The molecule has 0 aliphatic heterocycles. The van der Waals surface area contributed by atoms with Gasteiger partial charge in [-0.3, -0.25) is 9.59 Å². The fourth-order valence-corrected chi connectivity index (χ4v) is 4.14. The Bertz CT molecular complexity index is 1270. The van der Waals surface area contributed by atoms with Crippen LogP contribution in [0.25, 0.3) is 10.8 Å². The van der Waals surface area contributed by atoms with E-state index in [0.29, 0.717) is 17.7 Å². The Hall–Kier alpha value is -4.07. The highest BCUT2D eigenvalue weighted by Gasteiger charge is 2.33. The maximum absolute atomic E-state index is 13.8. The van der Waals surface area contributed by atoms with Crippen molar-refractivity contribution < 1.29 is 24.2 Å². The molecule has 8 nitrogen and oxygen atoms in total. The predicted octanol–water partition coefficient (Wildman–Crippen LogP) is 5.77. The van der Waals surface area contributed by atoms with Crippen molar-refractivity contribution in [1.82, 2.24) is 10.2 Å². The van der Waals surface area contributed by atoms with Crippen LogP contribution in [0.15, 0.2) is 66.7 Å². The van der Waals surface area contributed by atoms with E-state index in [1.807, 2.05) is 43.3 Å². The van der Waals surface area contributed by atoms with Crippen LogP contribution in [0.5, 0.6) is 5.75 Å². The first-order valence-electron chi connectivity index (χ1n) is 12.9. The zero-order valence-electron chi connectivity index (χ0n) is 22.5. The molecule has 0 saturated heterocycles. The van der Waals surface area contributed by atoms with Crippen molar-refractivity contribution in [2.45, 2.75) is 58.6 Å². The van der Waals surface area contributed by atoms with Gasteiger partial charge in [0, 0.05) is 17.8 Å². The Morgan fingerprint density at radius 1 is 0.947 bits per heavy atom. The lowest BCUT2D eigenvalue weighted by Crippen LogP contribution is -2.47. The molecule has 3 aromatic carbocycles. The molecular formula is C30H37N3O5. The molecule has 1 unspecified atom stereocenters. The van der Waals surface area contributed by atoms with E-state index < -0.39 is 29.6 Å². The first-order valence-corrected chi connectivity index (χ1v) is 12.9. The number of fused-ring (bicyclic) bond motifs is 1. The normalized spacial score (nSPS) is 12.0. The van der Waals surface area contributed by atoms with E-state index in [4.69, 9.17) is 4.74 Å². The molecule has 3 N–H and O–H groups in total. The number of hydrogen-bond donors (Lipinski definition) is 3. The van der Waals surface area contributed by atoms with Gasteiger partial charge in [0.1, 0.15) is 23.9 Å². The van der Waals surface area contributed by atoms with Crippen molar-refractivity contribution in [3.8, 4) is 5.75 Å². The summed E-state index contributed by atoms with van der Waals surface area (Å²) in [7, 11) is 0. The Labute approximate surface area is 224 Å². The zero-order chi connectivity index (χ0) is 27.7. The molecule has 38 heavy (non-hydrogen) atoms. The lowest BCUT2D eigenvalue weighted by molar-refractivity contribution is -0.138. The number of para-hydroxylation sites is 1. The molecule has 8 heteroatoms. The average molecular weight is 520 g/mol. The summed E-state index contributed by atoms with van der Waals surface area (Å²) in [5.41, 5.74) is 0.154. The van der Waals surface area contributed by atoms with E-state index in [-0.39, 0.29) is 18.8 Å². The number of carbonyl (C=O) groups is 3. The number of hydrogen-bond acceptors (Lipinski definition) is 5. The molecule has 3 aromatic rings. The monoisotopic (exact) mass is 519 g/mol. The number of nitrogens with zero attached hydrogens (tertiary/aromatic N) is 1. The smallest absolute Gasteiger partial charge is 0.408 e. The number of rotatable bonds is 10. The number of alkyl carbamates (subject to hydrolysis) is 1. The highest BCUT2D eigenvalue weighted by molar-refractivity contribution is 6.00. The second-order valence-corrected chi connectivity index (χ2v) is 10.2. The van der Waals surface area contributed by atoms with E-state index in [0.717, 1.165) is 23.6 Å². The Morgan fingerprint density at radius 2 is 1.63 bits per heavy atom. The van der Waals surface area contributed by atoms with Crippen LogP contribution in [0.2, 0.25) is 0 Å². The molecule has 0 aromatic heterocycles. The van der Waals surface area contributed by atoms with Gasteiger partial charge in [-0.2, -0.15) is 0 Å². The number of anilines is 1. The van der Waals surface area contributed by atoms with Crippen molar-refractivity contribution in [3.63, 3.8) is 0 Å². The van der Waals surface area contributed by atoms with Gasteiger partial charge < -0.3 is 25.4 Å². The molecule has 0 heterocycles. The van der Waals surface area contributed by atoms with Crippen LogP contribution >= 0.6 is 0 Å². The van der Waals surface area contributed by atoms with Crippen molar-refractivity contribution in [2.75, 3.05) is 18.4 Å². The number of benzene rings is 3. The average Bonchev–Trinajstić information content (AvgIpc) is 2.86. The number of phenols is 1. The number of phenolic OH excluding ortho intramolecular Hbond substituents is 1. The van der Waals surface area contributed by atoms with Crippen LogP contribution in [-0.4, -0.2) is 46.6 Å². The van der Waals surface area contributed by atoms with Gasteiger partial charge in [-0.1, -0.05) is 68.3 Å². The number of ether oxygens (including phenoxy) is 1. The molecule has 0 bridgehead atoms. The molecule has 0 aliphatic rings. The van der Waals surface area contributed by atoms with Gasteiger partial charge in [0.2, 0.25) is 5.91 Å². The fraction of sp³-hybridized carbons (Fsp3) is 0.367. The maximum atomic E-state index is 13.8. The van der Waals surface area contributed by atoms with Crippen molar-refractivity contribution in [1.29, 1.82) is 0 Å². The quantitative estimate of drug-likeness (QED) is 0.295. The first-order chi connectivity index (χ1) is 18.1. The summed E-state index contributed by atoms with van der Waals surface area (Å²) >= 11 is 0. The number of aromatic hydroxyl groups is 1. The second kappa shape index (κ2) is 12.9. The van der Waals surface area contributed by atoms with Crippen molar-refractivity contribution >= 4 is 34.4 Å². The Morgan fingerprint density at radius 3 is 2.32 bits per heavy atom. The van der Waals surface area contributed by atoms with Gasteiger partial charge in [-0.15, -0.1) is 0 Å². The fourth-order valence-electron chi connectivity index (χ4n) is 4.14. The summed E-state index contributed by atoms with van der Waals surface area (Å²) < 4.78 is 5.25. The Balaban J connectivity index is 1.92. The lowest BCUT2D eigenvalue weighted by atomic mass is 10.0. The van der Waals surface area contributed by atoms with Gasteiger partial charge in [-0.05, 0) is 56.2 Å². The van der Waals surface area contributed by atoms with Gasteiger partial charge in [0.15, 0.2) is 0 Å². The molecule has 202 valence electrons. The third kappa shape index (κ3) is 7.96. The van der Waals surface area contributed by atoms with Gasteiger partial charge in [0.25, 0.3) is 5.91 Å². The lowest BCUT2D eigenvalue weighted by Gasteiger charge is -2.32. The molecule has 0 radical (unpaired) electrons. The summed E-state index contributed by atoms with van der Waals surface area (Å²) in [6, 6.07) is 18.7. The molecule has 0 fully saturated rings. The first kappa shape index (κ1) is 28.5. The summed E-state index contributed by atoms with van der Waals surface area (Å²) in [5, 5.41) is 18.1. The van der Waals surface area contributed by atoms with Crippen LogP contribution in [0.3, 0.4) is 0 Å². The van der Waals surface area contributed by atoms with Gasteiger partial charge in [0.05, 0.1) is 0 Å². The van der Waals surface area contributed by atoms with Crippen LogP contribution in [0.1, 0.15) is 58.6 Å². The summed E-state index contributed by atoms with van der Waals surface area (Å²) in [4.78, 5) is 40.9. The molecular weight excluding hydrogens is 482 g/mol. The molecule has 3 rings (SSSR count). The largest absolute Gasteiger partial charge is 0.508 e. The third-order valence-electron chi connectivity index (χ3n) is 5.91. The van der Waals surface area contributed by atoms with E-state index in [9.17, 15) is 19.5 Å². The van der Waals surface area contributed by atoms with Crippen molar-refractivity contribution in [3.05, 3.63) is 72.3 Å². The molecule has 0 spiro atoms. The maximum Gasteiger partial charge on any atom is 0.408 e. The molecule has 1 atom stereocenters.